The van der Waals surface area contributed by atoms with E-state index in [9.17, 15) is 13.6 Å². The number of carbonyl (C=O) groups excluding carboxylic acids is 1. The van der Waals surface area contributed by atoms with Gasteiger partial charge in [-0.3, -0.25) is 9.69 Å². The number of hydrogen-bond acceptors (Lipinski definition) is 2. The van der Waals surface area contributed by atoms with Gasteiger partial charge in [0.1, 0.15) is 11.6 Å². The summed E-state index contributed by atoms with van der Waals surface area (Å²) in [6.45, 7) is 3.11. The Labute approximate surface area is 193 Å². The van der Waals surface area contributed by atoms with Gasteiger partial charge in [0.2, 0.25) is 5.91 Å². The molecule has 5 rings (SSSR count). The van der Waals surface area contributed by atoms with E-state index < -0.39 is 0 Å². The first-order chi connectivity index (χ1) is 16.0. The molecular formula is C28H28F2N2O. The number of nitrogens with zero attached hydrogens (tertiary/aromatic N) is 2. The lowest BCUT2D eigenvalue weighted by molar-refractivity contribution is -0.118. The van der Waals surface area contributed by atoms with E-state index in [2.05, 4.69) is 4.90 Å². The van der Waals surface area contributed by atoms with E-state index in [-0.39, 0.29) is 23.0 Å². The van der Waals surface area contributed by atoms with Gasteiger partial charge in [0.05, 0.1) is 0 Å². The molecule has 3 aromatic rings. The number of hydrogen-bond donors (Lipinski definition) is 0. The van der Waals surface area contributed by atoms with E-state index in [1.807, 2.05) is 47.4 Å². The molecule has 5 heteroatoms. The van der Waals surface area contributed by atoms with Crippen molar-refractivity contribution in [1.29, 1.82) is 0 Å². The fourth-order valence-electron chi connectivity index (χ4n) is 5.31. The van der Waals surface area contributed by atoms with Crippen molar-refractivity contribution < 1.29 is 13.6 Å². The molecule has 0 unspecified atom stereocenters. The van der Waals surface area contributed by atoms with Crippen LogP contribution >= 0.6 is 0 Å². The van der Waals surface area contributed by atoms with Crippen LogP contribution in [0.2, 0.25) is 0 Å². The molecular weight excluding hydrogens is 418 g/mol. The highest BCUT2D eigenvalue weighted by Crippen LogP contribution is 2.47. The van der Waals surface area contributed by atoms with Crippen molar-refractivity contribution in [2.75, 3.05) is 24.5 Å². The Bertz CT molecular complexity index is 1120. The summed E-state index contributed by atoms with van der Waals surface area (Å²) in [5.41, 5.74) is 3.86. The van der Waals surface area contributed by atoms with Crippen LogP contribution in [0.4, 0.5) is 14.5 Å². The summed E-state index contributed by atoms with van der Waals surface area (Å²) in [4.78, 5) is 17.5. The van der Waals surface area contributed by atoms with E-state index >= 15 is 0 Å². The summed E-state index contributed by atoms with van der Waals surface area (Å²) in [5, 5.41) is 0. The average Bonchev–Trinajstić information content (AvgIpc) is 3.14. The SMILES string of the molecule is O=C(CCc1ccccc1)N1CC2(CCN(Cc3ccc(F)cc3)CC2)c2cc(F)ccc21. The molecule has 1 amide bonds. The Hall–Kier alpha value is -3.05. The third-order valence-corrected chi connectivity index (χ3v) is 7.19. The number of likely N-dealkylation sites (tertiary alicyclic amines) is 1. The largest absolute Gasteiger partial charge is 0.311 e. The van der Waals surface area contributed by atoms with E-state index in [0.29, 0.717) is 19.4 Å². The molecule has 0 radical (unpaired) electrons. The van der Waals surface area contributed by atoms with Gasteiger partial charge in [-0.2, -0.15) is 0 Å². The maximum atomic E-state index is 14.2. The smallest absolute Gasteiger partial charge is 0.227 e. The summed E-state index contributed by atoms with van der Waals surface area (Å²) < 4.78 is 27.5. The van der Waals surface area contributed by atoms with Crippen molar-refractivity contribution in [2.24, 2.45) is 0 Å². The van der Waals surface area contributed by atoms with Crippen molar-refractivity contribution in [3.8, 4) is 0 Å². The minimum absolute atomic E-state index is 0.0947. The van der Waals surface area contributed by atoms with Crippen LogP contribution in [0.5, 0.6) is 0 Å². The maximum Gasteiger partial charge on any atom is 0.227 e. The summed E-state index contributed by atoms with van der Waals surface area (Å²) in [5.74, 6) is -0.379. The van der Waals surface area contributed by atoms with Crippen LogP contribution in [0.25, 0.3) is 0 Å². The van der Waals surface area contributed by atoms with Gasteiger partial charge in [-0.05, 0) is 79.4 Å². The van der Waals surface area contributed by atoms with Gasteiger partial charge in [0, 0.05) is 30.6 Å². The molecule has 0 bridgehead atoms. The number of amides is 1. The molecule has 0 aliphatic carbocycles. The molecule has 1 fully saturated rings. The highest BCUT2D eigenvalue weighted by atomic mass is 19.1. The van der Waals surface area contributed by atoms with Crippen LogP contribution in [-0.4, -0.2) is 30.4 Å². The molecule has 0 aromatic heterocycles. The second-order valence-electron chi connectivity index (χ2n) is 9.31. The van der Waals surface area contributed by atoms with Crippen molar-refractivity contribution in [3.63, 3.8) is 0 Å². The average molecular weight is 447 g/mol. The standard InChI is InChI=1S/C28H28F2N2O/c29-23-9-6-22(7-10-23)19-31-16-14-28(15-17-31)20-32(26-12-11-24(30)18-25(26)28)27(33)13-8-21-4-2-1-3-5-21/h1-7,9-12,18H,8,13-17,19-20H2. The molecule has 0 saturated carbocycles. The lowest BCUT2D eigenvalue weighted by atomic mass is 9.74. The summed E-state index contributed by atoms with van der Waals surface area (Å²) in [6, 6.07) is 21.5. The van der Waals surface area contributed by atoms with Crippen molar-refractivity contribution >= 4 is 11.6 Å². The lowest BCUT2D eigenvalue weighted by Gasteiger charge is -2.40. The monoisotopic (exact) mass is 446 g/mol. The van der Waals surface area contributed by atoms with Crippen LogP contribution in [0.3, 0.4) is 0 Å². The third-order valence-electron chi connectivity index (χ3n) is 7.19. The zero-order valence-electron chi connectivity index (χ0n) is 18.6. The number of aryl methyl sites for hydroxylation is 1. The van der Waals surface area contributed by atoms with Gasteiger partial charge in [-0.15, -0.1) is 0 Å². The summed E-state index contributed by atoms with van der Waals surface area (Å²) >= 11 is 0. The first-order valence-corrected chi connectivity index (χ1v) is 11.6. The molecule has 2 aliphatic rings. The molecule has 2 heterocycles. The zero-order valence-corrected chi connectivity index (χ0v) is 18.6. The first kappa shape index (κ1) is 21.8. The summed E-state index contributed by atoms with van der Waals surface area (Å²) in [6.07, 6.45) is 2.87. The van der Waals surface area contributed by atoms with Crippen molar-refractivity contribution in [2.45, 2.75) is 37.6 Å². The molecule has 3 aromatic carbocycles. The highest BCUT2D eigenvalue weighted by Gasteiger charge is 2.46. The maximum absolute atomic E-state index is 14.2. The molecule has 0 atom stereocenters. The third kappa shape index (κ3) is 4.55. The minimum atomic E-state index is -0.250. The Morgan fingerprint density at radius 1 is 0.848 bits per heavy atom. The topological polar surface area (TPSA) is 23.6 Å². The van der Waals surface area contributed by atoms with Gasteiger partial charge in [-0.25, -0.2) is 8.78 Å². The van der Waals surface area contributed by atoms with Crippen LogP contribution in [0.1, 0.15) is 36.0 Å². The van der Waals surface area contributed by atoms with Gasteiger partial charge in [-0.1, -0.05) is 42.5 Å². The number of fused-ring (bicyclic) bond motifs is 2. The van der Waals surface area contributed by atoms with Crippen molar-refractivity contribution in [3.05, 3.63) is 101 Å². The van der Waals surface area contributed by atoms with Gasteiger partial charge < -0.3 is 4.90 Å². The quantitative estimate of drug-likeness (QED) is 0.518. The Morgan fingerprint density at radius 2 is 1.55 bits per heavy atom. The first-order valence-electron chi connectivity index (χ1n) is 11.6. The minimum Gasteiger partial charge on any atom is -0.311 e. The van der Waals surface area contributed by atoms with E-state index in [1.54, 1.807) is 12.1 Å². The van der Waals surface area contributed by atoms with Crippen LogP contribution < -0.4 is 4.90 Å². The fraction of sp³-hybridized carbons (Fsp3) is 0.321. The number of piperidine rings is 1. The highest BCUT2D eigenvalue weighted by molar-refractivity contribution is 5.96. The van der Waals surface area contributed by atoms with Crippen molar-refractivity contribution in [1.82, 2.24) is 4.90 Å². The molecule has 33 heavy (non-hydrogen) atoms. The zero-order chi connectivity index (χ0) is 22.8. The van der Waals surface area contributed by atoms with E-state index in [4.69, 9.17) is 0 Å². The summed E-state index contributed by atoms with van der Waals surface area (Å²) in [7, 11) is 0. The molecule has 1 spiro atoms. The van der Waals surface area contributed by atoms with Gasteiger partial charge >= 0.3 is 0 Å². The molecule has 170 valence electrons. The fourth-order valence-corrected chi connectivity index (χ4v) is 5.31. The van der Waals surface area contributed by atoms with Crippen LogP contribution in [0, 0.1) is 11.6 Å². The second kappa shape index (κ2) is 9.06. The Balaban J connectivity index is 1.30. The van der Waals surface area contributed by atoms with Gasteiger partial charge in [0.15, 0.2) is 0 Å². The number of anilines is 1. The number of benzene rings is 3. The second-order valence-corrected chi connectivity index (χ2v) is 9.31. The number of carbonyl (C=O) groups is 1. The van der Waals surface area contributed by atoms with Crippen LogP contribution in [0.15, 0.2) is 72.8 Å². The lowest BCUT2D eigenvalue weighted by Crippen LogP contribution is -2.45. The predicted octanol–water partition coefficient (Wildman–Crippen LogP) is 5.48. The Morgan fingerprint density at radius 3 is 2.27 bits per heavy atom. The van der Waals surface area contributed by atoms with Crippen LogP contribution in [-0.2, 0) is 23.2 Å². The molecule has 3 nitrogen and oxygen atoms in total. The molecule has 2 aliphatic heterocycles. The number of halogens is 2. The molecule has 0 N–H and O–H groups in total. The van der Waals surface area contributed by atoms with E-state index in [0.717, 1.165) is 54.9 Å². The van der Waals surface area contributed by atoms with Gasteiger partial charge in [0.25, 0.3) is 0 Å². The molecule has 1 saturated heterocycles. The van der Waals surface area contributed by atoms with E-state index in [1.165, 1.54) is 18.2 Å². The predicted molar refractivity (Wildman–Crippen MR) is 126 cm³/mol. The Kier molecular flexibility index (Phi) is 5.98. The normalized spacial score (nSPS) is 17.3. The number of rotatable bonds is 5.